The number of primary amides is 1. The van der Waals surface area contributed by atoms with Gasteiger partial charge in [-0.15, -0.1) is 0 Å². The topological polar surface area (TPSA) is 63.4 Å². The zero-order valence-corrected chi connectivity index (χ0v) is 12.2. The molecule has 1 saturated heterocycles. The summed E-state index contributed by atoms with van der Waals surface area (Å²) in [6.07, 6.45) is 1.19. The van der Waals surface area contributed by atoms with E-state index < -0.39 is 5.91 Å². The molecule has 22 heavy (non-hydrogen) atoms. The molecule has 112 valence electrons. The molecule has 1 aliphatic rings. The van der Waals surface area contributed by atoms with Crippen molar-refractivity contribution in [1.29, 1.82) is 0 Å². The van der Waals surface area contributed by atoms with E-state index in [-0.39, 0.29) is 11.8 Å². The SMILES string of the molecule is NC(=O)c1ccccc1C[C@@H]1CC(=O)N(c2ccccc2)C1. The molecule has 1 aliphatic heterocycles. The van der Waals surface area contributed by atoms with E-state index in [9.17, 15) is 9.59 Å². The van der Waals surface area contributed by atoms with Gasteiger partial charge in [-0.25, -0.2) is 0 Å². The van der Waals surface area contributed by atoms with Gasteiger partial charge >= 0.3 is 0 Å². The highest BCUT2D eigenvalue weighted by Gasteiger charge is 2.31. The Bertz CT molecular complexity index is 697. The number of carbonyl (C=O) groups excluding carboxylic acids is 2. The lowest BCUT2D eigenvalue weighted by Crippen LogP contribution is -2.24. The van der Waals surface area contributed by atoms with Crippen LogP contribution in [0.4, 0.5) is 5.69 Å². The first-order valence-electron chi connectivity index (χ1n) is 7.38. The van der Waals surface area contributed by atoms with Crippen LogP contribution in [0.3, 0.4) is 0 Å². The zero-order valence-electron chi connectivity index (χ0n) is 12.2. The van der Waals surface area contributed by atoms with Gasteiger partial charge in [0.05, 0.1) is 0 Å². The Hall–Kier alpha value is -2.62. The smallest absolute Gasteiger partial charge is 0.248 e. The van der Waals surface area contributed by atoms with E-state index in [2.05, 4.69) is 0 Å². The van der Waals surface area contributed by atoms with Gasteiger partial charge in [-0.3, -0.25) is 9.59 Å². The predicted octanol–water partition coefficient (Wildman–Crippen LogP) is 2.38. The van der Waals surface area contributed by atoms with E-state index >= 15 is 0 Å². The highest BCUT2D eigenvalue weighted by molar-refractivity contribution is 5.96. The minimum absolute atomic E-state index is 0.132. The van der Waals surface area contributed by atoms with Crippen molar-refractivity contribution in [3.05, 3.63) is 65.7 Å². The van der Waals surface area contributed by atoms with Gasteiger partial charge in [-0.05, 0) is 36.1 Å². The van der Waals surface area contributed by atoms with E-state index in [1.165, 1.54) is 0 Å². The van der Waals surface area contributed by atoms with Crippen molar-refractivity contribution in [3.8, 4) is 0 Å². The number of nitrogens with two attached hydrogens (primary N) is 1. The Morgan fingerprint density at radius 2 is 1.77 bits per heavy atom. The summed E-state index contributed by atoms with van der Waals surface area (Å²) in [6.45, 7) is 0.677. The Kier molecular flexibility index (Phi) is 3.92. The molecule has 0 spiro atoms. The summed E-state index contributed by atoms with van der Waals surface area (Å²) in [6, 6.07) is 17.0. The van der Waals surface area contributed by atoms with Crippen LogP contribution in [0.2, 0.25) is 0 Å². The quantitative estimate of drug-likeness (QED) is 0.941. The van der Waals surface area contributed by atoms with E-state index in [0.29, 0.717) is 24.9 Å². The second kappa shape index (κ2) is 6.02. The van der Waals surface area contributed by atoms with Crippen LogP contribution >= 0.6 is 0 Å². The average molecular weight is 294 g/mol. The molecule has 4 nitrogen and oxygen atoms in total. The summed E-state index contributed by atoms with van der Waals surface area (Å²) in [7, 11) is 0. The first-order chi connectivity index (χ1) is 10.6. The normalized spacial score (nSPS) is 17.7. The molecule has 1 fully saturated rings. The Balaban J connectivity index is 1.76. The fraction of sp³-hybridized carbons (Fsp3) is 0.222. The molecule has 0 unspecified atom stereocenters. The lowest BCUT2D eigenvalue weighted by atomic mass is 9.94. The van der Waals surface area contributed by atoms with Crippen LogP contribution in [0.1, 0.15) is 22.3 Å². The van der Waals surface area contributed by atoms with Gasteiger partial charge in [0.15, 0.2) is 0 Å². The van der Waals surface area contributed by atoms with Crippen LogP contribution in [-0.2, 0) is 11.2 Å². The Morgan fingerprint density at radius 3 is 2.50 bits per heavy atom. The fourth-order valence-corrected chi connectivity index (χ4v) is 3.03. The largest absolute Gasteiger partial charge is 0.366 e. The maximum Gasteiger partial charge on any atom is 0.248 e. The summed E-state index contributed by atoms with van der Waals surface area (Å²) in [5.74, 6) is -0.0826. The Labute approximate surface area is 129 Å². The number of nitrogens with zero attached hydrogens (tertiary/aromatic N) is 1. The van der Waals surface area contributed by atoms with Crippen LogP contribution in [0.5, 0.6) is 0 Å². The molecule has 2 amide bonds. The number of para-hydroxylation sites is 1. The van der Waals surface area contributed by atoms with Crippen LogP contribution in [-0.4, -0.2) is 18.4 Å². The molecular formula is C18H18N2O2. The highest BCUT2D eigenvalue weighted by Crippen LogP contribution is 2.27. The minimum Gasteiger partial charge on any atom is -0.366 e. The van der Waals surface area contributed by atoms with Crippen LogP contribution in [0.15, 0.2) is 54.6 Å². The zero-order chi connectivity index (χ0) is 15.5. The average Bonchev–Trinajstić information content (AvgIpc) is 2.89. The second-order valence-corrected chi connectivity index (χ2v) is 5.64. The van der Waals surface area contributed by atoms with Crippen molar-refractivity contribution in [2.45, 2.75) is 12.8 Å². The molecule has 3 rings (SSSR count). The molecule has 0 radical (unpaired) electrons. The van der Waals surface area contributed by atoms with E-state index in [1.54, 1.807) is 12.1 Å². The molecule has 2 aromatic carbocycles. The van der Waals surface area contributed by atoms with E-state index in [4.69, 9.17) is 5.73 Å². The van der Waals surface area contributed by atoms with Crippen LogP contribution in [0.25, 0.3) is 0 Å². The second-order valence-electron chi connectivity index (χ2n) is 5.64. The number of benzene rings is 2. The number of hydrogen-bond donors (Lipinski definition) is 1. The monoisotopic (exact) mass is 294 g/mol. The number of carbonyl (C=O) groups is 2. The molecule has 4 heteroatoms. The summed E-state index contributed by atoms with van der Waals surface area (Å²) < 4.78 is 0. The van der Waals surface area contributed by atoms with Crippen molar-refractivity contribution in [2.24, 2.45) is 11.7 Å². The maximum absolute atomic E-state index is 12.2. The molecule has 2 aromatic rings. The standard InChI is InChI=1S/C18H18N2O2/c19-18(22)16-9-5-4-6-14(16)10-13-11-17(21)20(12-13)15-7-2-1-3-8-15/h1-9,13H,10-12H2,(H2,19,22)/t13-/m1/s1. The first kappa shape index (κ1) is 14.3. The lowest BCUT2D eigenvalue weighted by molar-refractivity contribution is -0.117. The van der Waals surface area contributed by atoms with Gasteiger partial charge in [-0.2, -0.15) is 0 Å². The van der Waals surface area contributed by atoms with Gasteiger partial charge in [0.2, 0.25) is 11.8 Å². The summed E-state index contributed by atoms with van der Waals surface area (Å²) in [4.78, 5) is 25.5. The predicted molar refractivity (Wildman–Crippen MR) is 85.6 cm³/mol. The van der Waals surface area contributed by atoms with Crippen molar-refractivity contribution in [1.82, 2.24) is 0 Å². The van der Waals surface area contributed by atoms with Gasteiger partial charge < -0.3 is 10.6 Å². The molecule has 1 atom stereocenters. The number of anilines is 1. The molecule has 0 aliphatic carbocycles. The van der Waals surface area contributed by atoms with Crippen molar-refractivity contribution >= 4 is 17.5 Å². The first-order valence-corrected chi connectivity index (χ1v) is 7.38. The summed E-state index contributed by atoms with van der Waals surface area (Å²) >= 11 is 0. The number of amides is 2. The minimum atomic E-state index is -0.417. The lowest BCUT2D eigenvalue weighted by Gasteiger charge is -2.17. The van der Waals surface area contributed by atoms with Gasteiger partial charge in [0.1, 0.15) is 0 Å². The molecular weight excluding hydrogens is 276 g/mol. The molecule has 0 saturated carbocycles. The maximum atomic E-state index is 12.2. The van der Waals surface area contributed by atoms with Gasteiger partial charge in [0, 0.05) is 24.2 Å². The van der Waals surface area contributed by atoms with Crippen LogP contribution in [0, 0.1) is 5.92 Å². The van der Waals surface area contributed by atoms with Gasteiger partial charge in [-0.1, -0.05) is 36.4 Å². The molecule has 1 heterocycles. The molecule has 2 N–H and O–H groups in total. The summed E-state index contributed by atoms with van der Waals surface area (Å²) in [5, 5.41) is 0. The molecule has 0 aromatic heterocycles. The third-order valence-electron chi connectivity index (χ3n) is 4.06. The highest BCUT2D eigenvalue weighted by atomic mass is 16.2. The number of hydrogen-bond acceptors (Lipinski definition) is 2. The fourth-order valence-electron chi connectivity index (χ4n) is 3.03. The number of rotatable bonds is 4. The van der Waals surface area contributed by atoms with Crippen molar-refractivity contribution in [2.75, 3.05) is 11.4 Å². The third-order valence-corrected chi connectivity index (χ3v) is 4.06. The van der Waals surface area contributed by atoms with Gasteiger partial charge in [0.25, 0.3) is 0 Å². The van der Waals surface area contributed by atoms with Crippen molar-refractivity contribution < 1.29 is 9.59 Å². The van der Waals surface area contributed by atoms with Crippen molar-refractivity contribution in [3.63, 3.8) is 0 Å². The van der Waals surface area contributed by atoms with E-state index in [1.807, 2.05) is 47.4 Å². The summed E-state index contributed by atoms with van der Waals surface area (Å²) in [5.41, 5.74) is 7.82. The Morgan fingerprint density at radius 1 is 1.09 bits per heavy atom. The molecule has 0 bridgehead atoms. The van der Waals surface area contributed by atoms with Crippen LogP contribution < -0.4 is 10.6 Å². The third kappa shape index (κ3) is 2.86. The van der Waals surface area contributed by atoms with E-state index in [0.717, 1.165) is 11.3 Å².